The number of hydrogen-bond donors (Lipinski definition) is 2. The number of aliphatic hydroxyl groups is 1. The van der Waals surface area contributed by atoms with E-state index in [-0.39, 0.29) is 12.4 Å². The van der Waals surface area contributed by atoms with E-state index >= 15 is 0 Å². The van der Waals surface area contributed by atoms with Crippen molar-refractivity contribution in [3.05, 3.63) is 28.6 Å². The van der Waals surface area contributed by atoms with Crippen LogP contribution in [0.25, 0.3) is 10.1 Å². The van der Waals surface area contributed by atoms with Crippen LogP contribution in [0.2, 0.25) is 0 Å². The van der Waals surface area contributed by atoms with E-state index in [0.29, 0.717) is 10.4 Å². The van der Waals surface area contributed by atoms with Crippen LogP contribution in [-0.2, 0) is 6.61 Å². The van der Waals surface area contributed by atoms with E-state index in [9.17, 15) is 5.11 Å². The molecule has 0 radical (unpaired) electrons. The zero-order valence-corrected chi connectivity index (χ0v) is 8.01. The van der Waals surface area contributed by atoms with Crippen molar-refractivity contribution in [2.45, 2.75) is 6.61 Å². The maximum atomic E-state index is 9.45. The Morgan fingerprint density at radius 2 is 2.21 bits per heavy atom. The summed E-state index contributed by atoms with van der Waals surface area (Å²) >= 11 is 1.28. The van der Waals surface area contributed by atoms with Gasteiger partial charge in [0.05, 0.1) is 6.61 Å². The summed E-state index contributed by atoms with van der Waals surface area (Å²) in [6.45, 7) is -0.214. The molecular formula is C10H7NO2S. The van der Waals surface area contributed by atoms with Crippen molar-refractivity contribution in [2.24, 2.45) is 0 Å². The van der Waals surface area contributed by atoms with Gasteiger partial charge >= 0.3 is 0 Å². The van der Waals surface area contributed by atoms with Crippen LogP contribution in [0, 0.1) is 11.3 Å². The van der Waals surface area contributed by atoms with Gasteiger partial charge in [0.1, 0.15) is 16.7 Å². The second-order valence-corrected chi connectivity index (χ2v) is 3.91. The number of benzene rings is 1. The van der Waals surface area contributed by atoms with Crippen LogP contribution in [0.5, 0.6) is 5.75 Å². The third-order valence-electron chi connectivity index (χ3n) is 2.03. The SMILES string of the molecule is N#Cc1cc2ccc(O)c(CO)c2s1. The number of hydrogen-bond acceptors (Lipinski definition) is 4. The number of rotatable bonds is 1. The normalized spacial score (nSPS) is 10.3. The van der Waals surface area contributed by atoms with E-state index in [1.165, 1.54) is 17.4 Å². The molecule has 1 aromatic heterocycles. The predicted molar refractivity (Wildman–Crippen MR) is 54.1 cm³/mol. The van der Waals surface area contributed by atoms with Crippen LogP contribution in [0.1, 0.15) is 10.4 Å². The van der Waals surface area contributed by atoms with Gasteiger partial charge in [-0.2, -0.15) is 5.26 Å². The highest BCUT2D eigenvalue weighted by Gasteiger charge is 2.09. The Morgan fingerprint density at radius 1 is 1.43 bits per heavy atom. The van der Waals surface area contributed by atoms with Crippen molar-refractivity contribution in [3.63, 3.8) is 0 Å². The Balaban J connectivity index is 2.81. The molecule has 0 fully saturated rings. The van der Waals surface area contributed by atoms with Crippen LogP contribution in [0.15, 0.2) is 18.2 Å². The molecule has 70 valence electrons. The van der Waals surface area contributed by atoms with E-state index in [1.54, 1.807) is 12.1 Å². The van der Waals surface area contributed by atoms with E-state index in [1.807, 2.05) is 6.07 Å². The molecule has 2 aromatic rings. The van der Waals surface area contributed by atoms with Crippen molar-refractivity contribution in [3.8, 4) is 11.8 Å². The Labute approximate surface area is 84.5 Å². The van der Waals surface area contributed by atoms with Gasteiger partial charge in [-0.3, -0.25) is 0 Å². The Hall–Kier alpha value is -1.57. The third-order valence-corrected chi connectivity index (χ3v) is 3.15. The maximum Gasteiger partial charge on any atom is 0.122 e. The van der Waals surface area contributed by atoms with E-state index in [0.717, 1.165) is 10.1 Å². The van der Waals surface area contributed by atoms with E-state index in [4.69, 9.17) is 10.4 Å². The molecule has 0 aliphatic rings. The number of fused-ring (bicyclic) bond motifs is 1. The molecule has 0 saturated heterocycles. The lowest BCUT2D eigenvalue weighted by molar-refractivity contribution is 0.277. The number of phenols is 1. The zero-order valence-electron chi connectivity index (χ0n) is 7.19. The van der Waals surface area contributed by atoms with Gasteiger partial charge in [0.15, 0.2) is 0 Å². The number of thiophene rings is 1. The average Bonchev–Trinajstić information content (AvgIpc) is 2.60. The van der Waals surface area contributed by atoms with Gasteiger partial charge in [-0.25, -0.2) is 0 Å². The molecule has 0 bridgehead atoms. The minimum absolute atomic E-state index is 0.0753. The summed E-state index contributed by atoms with van der Waals surface area (Å²) in [6.07, 6.45) is 0. The summed E-state index contributed by atoms with van der Waals surface area (Å²) in [6, 6.07) is 7.06. The Morgan fingerprint density at radius 3 is 2.86 bits per heavy atom. The summed E-state index contributed by atoms with van der Waals surface area (Å²) in [5.41, 5.74) is 0.494. The molecular weight excluding hydrogens is 198 g/mol. The number of nitrogens with zero attached hydrogens (tertiary/aromatic N) is 1. The Kier molecular flexibility index (Phi) is 2.12. The topological polar surface area (TPSA) is 64.2 Å². The second kappa shape index (κ2) is 3.29. The standard InChI is InChI=1S/C10H7NO2S/c11-4-7-3-6-1-2-9(13)8(5-12)10(6)14-7/h1-3,12-13H,5H2. The highest BCUT2D eigenvalue weighted by Crippen LogP contribution is 2.33. The molecule has 0 aliphatic carbocycles. The minimum Gasteiger partial charge on any atom is -0.508 e. The van der Waals surface area contributed by atoms with Gasteiger partial charge in [-0.15, -0.1) is 11.3 Å². The summed E-state index contributed by atoms with van der Waals surface area (Å²) in [5, 5.41) is 28.1. The Bertz CT molecular complexity index is 525. The van der Waals surface area contributed by atoms with Gasteiger partial charge in [-0.1, -0.05) is 0 Å². The summed E-state index contributed by atoms with van der Waals surface area (Å²) < 4.78 is 0.782. The van der Waals surface area contributed by atoms with Gasteiger partial charge in [0.25, 0.3) is 0 Å². The molecule has 4 heteroatoms. The zero-order chi connectivity index (χ0) is 10.1. The van der Waals surface area contributed by atoms with Crippen LogP contribution in [0.3, 0.4) is 0 Å². The third kappa shape index (κ3) is 1.23. The lowest BCUT2D eigenvalue weighted by Gasteiger charge is -2.00. The number of nitriles is 1. The van der Waals surface area contributed by atoms with Crippen LogP contribution in [0.4, 0.5) is 0 Å². The minimum atomic E-state index is -0.214. The molecule has 3 nitrogen and oxygen atoms in total. The van der Waals surface area contributed by atoms with Gasteiger partial charge < -0.3 is 10.2 Å². The fourth-order valence-corrected chi connectivity index (χ4v) is 2.35. The largest absolute Gasteiger partial charge is 0.508 e. The first kappa shape index (κ1) is 9.00. The summed E-state index contributed by atoms with van der Waals surface area (Å²) in [7, 11) is 0. The molecule has 0 unspecified atom stereocenters. The van der Waals surface area contributed by atoms with Crippen molar-refractivity contribution in [2.75, 3.05) is 0 Å². The lowest BCUT2D eigenvalue weighted by atomic mass is 10.1. The fraction of sp³-hybridized carbons (Fsp3) is 0.100. The molecule has 14 heavy (non-hydrogen) atoms. The number of aliphatic hydroxyl groups excluding tert-OH is 1. The van der Waals surface area contributed by atoms with Crippen molar-refractivity contribution >= 4 is 21.4 Å². The first-order chi connectivity index (χ1) is 6.76. The van der Waals surface area contributed by atoms with E-state index in [2.05, 4.69) is 0 Å². The first-order valence-electron chi connectivity index (χ1n) is 4.01. The maximum absolute atomic E-state index is 9.45. The van der Waals surface area contributed by atoms with Gasteiger partial charge in [0.2, 0.25) is 0 Å². The van der Waals surface area contributed by atoms with E-state index < -0.39 is 0 Å². The average molecular weight is 205 g/mol. The molecule has 0 spiro atoms. The lowest BCUT2D eigenvalue weighted by Crippen LogP contribution is -1.83. The highest BCUT2D eigenvalue weighted by atomic mass is 32.1. The van der Waals surface area contributed by atoms with Crippen molar-refractivity contribution in [1.82, 2.24) is 0 Å². The second-order valence-electron chi connectivity index (χ2n) is 2.86. The summed E-state index contributed by atoms with van der Waals surface area (Å²) in [5.74, 6) is 0.0753. The molecule has 0 amide bonds. The molecule has 0 atom stereocenters. The quantitative estimate of drug-likeness (QED) is 0.748. The van der Waals surface area contributed by atoms with Crippen LogP contribution in [-0.4, -0.2) is 10.2 Å². The molecule has 0 saturated carbocycles. The van der Waals surface area contributed by atoms with Crippen molar-refractivity contribution in [1.29, 1.82) is 5.26 Å². The van der Waals surface area contributed by atoms with Crippen LogP contribution >= 0.6 is 11.3 Å². The van der Waals surface area contributed by atoms with Gasteiger partial charge in [-0.05, 0) is 23.6 Å². The first-order valence-corrected chi connectivity index (χ1v) is 4.83. The molecule has 2 rings (SSSR count). The monoisotopic (exact) mass is 205 g/mol. The fourth-order valence-electron chi connectivity index (χ4n) is 1.36. The molecule has 0 aliphatic heterocycles. The predicted octanol–water partition coefficient (Wildman–Crippen LogP) is 1.97. The van der Waals surface area contributed by atoms with Crippen LogP contribution < -0.4 is 0 Å². The highest BCUT2D eigenvalue weighted by molar-refractivity contribution is 7.19. The molecule has 1 aromatic carbocycles. The number of aromatic hydroxyl groups is 1. The van der Waals surface area contributed by atoms with Crippen molar-refractivity contribution < 1.29 is 10.2 Å². The smallest absolute Gasteiger partial charge is 0.122 e. The summed E-state index contributed by atoms with van der Waals surface area (Å²) in [4.78, 5) is 0.584. The van der Waals surface area contributed by atoms with Gasteiger partial charge in [0, 0.05) is 10.3 Å². The molecule has 2 N–H and O–H groups in total. The molecule has 1 heterocycles.